The summed E-state index contributed by atoms with van der Waals surface area (Å²) in [5, 5.41) is 0. The first-order chi connectivity index (χ1) is 8.46. The van der Waals surface area contributed by atoms with Gasteiger partial charge in [-0.05, 0) is 19.9 Å². The molecule has 0 bridgehead atoms. The molecule has 0 amide bonds. The Labute approximate surface area is 106 Å². The summed E-state index contributed by atoms with van der Waals surface area (Å²) in [5.74, 6) is 0.967. The summed E-state index contributed by atoms with van der Waals surface area (Å²) in [5.41, 5.74) is 7.04. The lowest BCUT2D eigenvalue weighted by Crippen LogP contribution is -2.29. The number of nitrogen functional groups attached to an aromatic ring is 1. The van der Waals surface area contributed by atoms with Gasteiger partial charge >= 0.3 is 0 Å². The average Bonchev–Trinajstić information content (AvgIpc) is 2.65. The first-order valence-corrected chi connectivity index (χ1v) is 5.69. The molecule has 0 spiro atoms. The van der Waals surface area contributed by atoms with E-state index in [-0.39, 0.29) is 5.60 Å². The monoisotopic (exact) mass is 250 g/mol. The van der Waals surface area contributed by atoms with Crippen LogP contribution in [-0.2, 0) is 11.3 Å². The molecule has 0 radical (unpaired) electrons. The molecular formula is C12H18N4O2. The highest BCUT2D eigenvalue weighted by Gasteiger charge is 2.21. The zero-order chi connectivity index (χ0) is 13.3. The highest BCUT2D eigenvalue weighted by atomic mass is 16.5. The minimum absolute atomic E-state index is 0.341. The highest BCUT2D eigenvalue weighted by Crippen LogP contribution is 2.22. The third kappa shape index (κ3) is 2.24. The molecule has 2 aromatic heterocycles. The summed E-state index contributed by atoms with van der Waals surface area (Å²) in [6, 6.07) is 3.61. The zero-order valence-electron chi connectivity index (χ0n) is 11.1. The summed E-state index contributed by atoms with van der Waals surface area (Å²) in [7, 11) is 3.25. The fraction of sp³-hybridized carbons (Fsp3) is 0.500. The molecule has 6 heteroatoms. The number of rotatable bonds is 4. The number of hydrogen-bond acceptors (Lipinski definition) is 5. The van der Waals surface area contributed by atoms with Crippen LogP contribution in [0, 0.1) is 0 Å². The maximum atomic E-state index is 5.92. The van der Waals surface area contributed by atoms with Crippen LogP contribution in [0.3, 0.4) is 0 Å². The van der Waals surface area contributed by atoms with E-state index in [2.05, 4.69) is 9.97 Å². The second kappa shape index (κ2) is 4.45. The van der Waals surface area contributed by atoms with Gasteiger partial charge in [-0.2, -0.15) is 4.98 Å². The molecule has 2 rings (SSSR count). The molecule has 0 aliphatic rings. The lowest BCUT2D eigenvalue weighted by Gasteiger charge is -2.23. The van der Waals surface area contributed by atoms with Crippen molar-refractivity contribution in [2.24, 2.45) is 0 Å². The number of ether oxygens (including phenoxy) is 2. The van der Waals surface area contributed by atoms with E-state index in [0.29, 0.717) is 24.0 Å². The molecule has 0 aromatic carbocycles. The van der Waals surface area contributed by atoms with Crippen LogP contribution in [-0.4, -0.2) is 34.4 Å². The molecule has 0 aliphatic carbocycles. The second-order valence-corrected chi connectivity index (χ2v) is 4.72. The SMILES string of the molecule is COc1ccc2nc(N)n(CC(C)(C)OC)c2n1. The third-order valence-electron chi connectivity index (χ3n) is 2.90. The molecule has 98 valence electrons. The number of hydrogen-bond donors (Lipinski definition) is 1. The van der Waals surface area contributed by atoms with Gasteiger partial charge in [0.1, 0.15) is 5.52 Å². The minimum Gasteiger partial charge on any atom is -0.481 e. The topological polar surface area (TPSA) is 75.2 Å². The van der Waals surface area contributed by atoms with Crippen molar-refractivity contribution in [2.45, 2.75) is 26.0 Å². The van der Waals surface area contributed by atoms with Crippen molar-refractivity contribution in [1.29, 1.82) is 0 Å². The number of nitrogens with two attached hydrogens (primary N) is 1. The molecule has 0 aliphatic heterocycles. The normalized spacial score (nSPS) is 12.0. The van der Waals surface area contributed by atoms with Gasteiger partial charge in [0.15, 0.2) is 5.65 Å². The Kier molecular flexibility index (Phi) is 3.13. The highest BCUT2D eigenvalue weighted by molar-refractivity contribution is 5.74. The van der Waals surface area contributed by atoms with E-state index in [1.807, 2.05) is 24.5 Å². The Morgan fingerprint density at radius 3 is 2.61 bits per heavy atom. The Bertz CT molecular complexity index is 562. The van der Waals surface area contributed by atoms with E-state index >= 15 is 0 Å². The average molecular weight is 250 g/mol. The van der Waals surface area contributed by atoms with Gasteiger partial charge in [0.2, 0.25) is 11.8 Å². The standard InChI is InChI=1S/C12H18N4O2/c1-12(2,18-4)7-16-10-8(14-11(16)13)5-6-9(15-10)17-3/h5-6H,7H2,1-4H3,(H2,13,14). The summed E-state index contributed by atoms with van der Waals surface area (Å²) < 4.78 is 12.4. The number of nitrogens with zero attached hydrogens (tertiary/aromatic N) is 3. The summed E-state index contributed by atoms with van der Waals surface area (Å²) in [4.78, 5) is 8.65. The predicted molar refractivity (Wildman–Crippen MR) is 69.6 cm³/mol. The van der Waals surface area contributed by atoms with Crippen molar-refractivity contribution < 1.29 is 9.47 Å². The zero-order valence-corrected chi connectivity index (χ0v) is 11.1. The van der Waals surface area contributed by atoms with Gasteiger partial charge in [0.25, 0.3) is 0 Å². The van der Waals surface area contributed by atoms with Crippen LogP contribution >= 0.6 is 0 Å². The van der Waals surface area contributed by atoms with Gasteiger partial charge in [-0.15, -0.1) is 0 Å². The van der Waals surface area contributed by atoms with Gasteiger partial charge in [-0.1, -0.05) is 0 Å². The van der Waals surface area contributed by atoms with Crippen molar-refractivity contribution >= 4 is 17.1 Å². The Hall–Kier alpha value is -1.82. The fourth-order valence-electron chi connectivity index (χ4n) is 1.72. The molecular weight excluding hydrogens is 232 g/mol. The van der Waals surface area contributed by atoms with Crippen molar-refractivity contribution in [3.05, 3.63) is 12.1 Å². The van der Waals surface area contributed by atoms with E-state index < -0.39 is 0 Å². The van der Waals surface area contributed by atoms with Crippen LogP contribution in [0.1, 0.15) is 13.8 Å². The number of methoxy groups -OCH3 is 2. The predicted octanol–water partition coefficient (Wildman–Crippen LogP) is 1.45. The quantitative estimate of drug-likeness (QED) is 0.888. The number of pyridine rings is 1. The number of anilines is 1. The molecule has 0 fully saturated rings. The summed E-state index contributed by atoms with van der Waals surface area (Å²) >= 11 is 0. The maximum absolute atomic E-state index is 5.92. The third-order valence-corrected chi connectivity index (χ3v) is 2.90. The Morgan fingerprint density at radius 2 is 2.00 bits per heavy atom. The van der Waals surface area contributed by atoms with Crippen LogP contribution in [0.15, 0.2) is 12.1 Å². The van der Waals surface area contributed by atoms with Crippen LogP contribution in [0.2, 0.25) is 0 Å². The van der Waals surface area contributed by atoms with Gasteiger partial charge in [0, 0.05) is 13.2 Å². The Morgan fingerprint density at radius 1 is 1.28 bits per heavy atom. The molecule has 18 heavy (non-hydrogen) atoms. The molecule has 0 unspecified atom stereocenters. The molecule has 0 saturated carbocycles. The smallest absolute Gasteiger partial charge is 0.215 e. The van der Waals surface area contributed by atoms with Crippen molar-refractivity contribution in [2.75, 3.05) is 20.0 Å². The first-order valence-electron chi connectivity index (χ1n) is 5.69. The first kappa shape index (κ1) is 12.6. The fourth-order valence-corrected chi connectivity index (χ4v) is 1.72. The summed E-state index contributed by atoms with van der Waals surface area (Å²) in [6.07, 6.45) is 0. The van der Waals surface area contributed by atoms with Crippen LogP contribution in [0.25, 0.3) is 11.2 Å². The molecule has 2 heterocycles. The van der Waals surface area contributed by atoms with Crippen molar-refractivity contribution in [3.8, 4) is 5.88 Å². The molecule has 0 saturated heterocycles. The van der Waals surface area contributed by atoms with E-state index in [0.717, 1.165) is 5.52 Å². The van der Waals surface area contributed by atoms with Crippen molar-refractivity contribution in [1.82, 2.24) is 14.5 Å². The van der Waals surface area contributed by atoms with E-state index in [9.17, 15) is 0 Å². The van der Waals surface area contributed by atoms with Crippen LogP contribution < -0.4 is 10.5 Å². The van der Waals surface area contributed by atoms with Crippen LogP contribution in [0.4, 0.5) is 5.95 Å². The molecule has 6 nitrogen and oxygen atoms in total. The number of aromatic nitrogens is 3. The van der Waals surface area contributed by atoms with E-state index in [1.165, 1.54) is 0 Å². The van der Waals surface area contributed by atoms with E-state index in [4.69, 9.17) is 15.2 Å². The van der Waals surface area contributed by atoms with E-state index in [1.54, 1.807) is 20.3 Å². The molecule has 2 aromatic rings. The largest absolute Gasteiger partial charge is 0.481 e. The maximum Gasteiger partial charge on any atom is 0.215 e. The lowest BCUT2D eigenvalue weighted by molar-refractivity contribution is 0.00935. The Balaban J connectivity index is 2.51. The summed E-state index contributed by atoms with van der Waals surface area (Å²) in [6.45, 7) is 4.54. The van der Waals surface area contributed by atoms with Gasteiger partial charge in [0.05, 0.1) is 19.3 Å². The van der Waals surface area contributed by atoms with Gasteiger partial charge < -0.3 is 15.2 Å². The lowest BCUT2D eigenvalue weighted by atomic mass is 10.1. The molecule has 2 N–H and O–H groups in total. The van der Waals surface area contributed by atoms with Gasteiger partial charge in [-0.25, -0.2) is 4.98 Å². The number of fused-ring (bicyclic) bond motifs is 1. The van der Waals surface area contributed by atoms with Crippen LogP contribution in [0.5, 0.6) is 5.88 Å². The van der Waals surface area contributed by atoms with Gasteiger partial charge in [-0.3, -0.25) is 4.57 Å². The minimum atomic E-state index is -0.341. The van der Waals surface area contributed by atoms with Crippen molar-refractivity contribution in [3.63, 3.8) is 0 Å². The molecule has 0 atom stereocenters. The second-order valence-electron chi connectivity index (χ2n) is 4.72. The number of imidazole rings is 1.